The molecule has 8 nitrogen and oxygen atoms in total. The van der Waals surface area contributed by atoms with Gasteiger partial charge in [0.2, 0.25) is 17.7 Å². The molecule has 0 aliphatic carbocycles. The molecule has 170 valence electrons. The molecule has 2 heterocycles. The first-order chi connectivity index (χ1) is 14.8. The van der Waals surface area contributed by atoms with E-state index in [-0.39, 0.29) is 49.5 Å². The van der Waals surface area contributed by atoms with Crippen molar-refractivity contribution in [2.24, 2.45) is 11.7 Å². The van der Waals surface area contributed by atoms with Crippen molar-refractivity contribution in [3.05, 3.63) is 30.3 Å². The maximum Gasteiger partial charge on any atom is 0.241 e. The van der Waals surface area contributed by atoms with Crippen molar-refractivity contribution in [1.82, 2.24) is 9.80 Å². The highest BCUT2D eigenvalue weighted by Crippen LogP contribution is 2.23. The molecule has 2 aliphatic rings. The molecule has 2 atom stereocenters. The van der Waals surface area contributed by atoms with Gasteiger partial charge in [-0.3, -0.25) is 19.3 Å². The summed E-state index contributed by atoms with van der Waals surface area (Å²) in [5.41, 5.74) is 6.05. The van der Waals surface area contributed by atoms with Gasteiger partial charge in [0.15, 0.2) is 0 Å². The molecule has 0 aromatic heterocycles. The van der Waals surface area contributed by atoms with Crippen LogP contribution in [0.3, 0.4) is 0 Å². The lowest BCUT2D eigenvalue weighted by Crippen LogP contribution is -2.52. The quantitative estimate of drug-likeness (QED) is 0.702. The summed E-state index contributed by atoms with van der Waals surface area (Å²) >= 11 is 0. The molecule has 2 N–H and O–H groups in total. The van der Waals surface area contributed by atoms with E-state index in [9.17, 15) is 14.4 Å². The molecule has 2 aliphatic heterocycles. The van der Waals surface area contributed by atoms with Crippen molar-refractivity contribution in [3.63, 3.8) is 0 Å². The Morgan fingerprint density at radius 1 is 1.06 bits per heavy atom. The van der Waals surface area contributed by atoms with Gasteiger partial charge in [-0.05, 0) is 51.9 Å². The average Bonchev–Trinajstić information content (AvgIpc) is 2.74. The predicted octanol–water partition coefficient (Wildman–Crippen LogP) is 1.24. The lowest BCUT2D eigenvalue weighted by Gasteiger charge is -2.39. The van der Waals surface area contributed by atoms with Crippen molar-refractivity contribution < 1.29 is 19.1 Å². The minimum absolute atomic E-state index is 0.00365. The summed E-state index contributed by atoms with van der Waals surface area (Å²) in [5, 5.41) is 0. The van der Waals surface area contributed by atoms with E-state index in [1.807, 2.05) is 49.1 Å². The van der Waals surface area contributed by atoms with E-state index in [1.165, 1.54) is 0 Å². The second-order valence-electron chi connectivity index (χ2n) is 8.65. The summed E-state index contributed by atoms with van der Waals surface area (Å²) in [6.07, 6.45) is 1.75. The topological polar surface area (TPSA) is 96.2 Å². The first kappa shape index (κ1) is 23.2. The van der Waals surface area contributed by atoms with Crippen LogP contribution in [0.25, 0.3) is 0 Å². The van der Waals surface area contributed by atoms with Gasteiger partial charge >= 0.3 is 0 Å². The number of rotatable bonds is 7. The van der Waals surface area contributed by atoms with E-state index >= 15 is 0 Å². The minimum atomic E-state index is -0.431. The summed E-state index contributed by atoms with van der Waals surface area (Å²) in [4.78, 5) is 42.9. The number of nitrogens with zero attached hydrogens (tertiary/aromatic N) is 3. The number of amides is 3. The highest BCUT2D eigenvalue weighted by molar-refractivity contribution is 5.95. The molecule has 3 rings (SSSR count). The standard InChI is InChI=1S/C23H34N4O4/c1-17-14-26(15-18(2)31-17)23(30)19-8-11-25(12-9-19)16-22(29)27(13-10-21(24)28)20-6-4-3-5-7-20/h3-7,17-19H,8-16H2,1-2H3,(H2,24,28). The summed E-state index contributed by atoms with van der Waals surface area (Å²) in [5.74, 6) is -0.280. The number of benzene rings is 1. The van der Waals surface area contributed by atoms with Crippen LogP contribution in [0.2, 0.25) is 0 Å². The molecule has 1 aromatic rings. The van der Waals surface area contributed by atoms with E-state index in [4.69, 9.17) is 10.5 Å². The Hall–Kier alpha value is -2.45. The third-order valence-corrected chi connectivity index (χ3v) is 5.98. The van der Waals surface area contributed by atoms with Gasteiger partial charge in [-0.15, -0.1) is 0 Å². The van der Waals surface area contributed by atoms with Gasteiger partial charge in [0.25, 0.3) is 0 Å². The van der Waals surface area contributed by atoms with Crippen LogP contribution in [0, 0.1) is 5.92 Å². The maximum atomic E-state index is 13.0. The lowest BCUT2D eigenvalue weighted by atomic mass is 9.94. The van der Waals surface area contributed by atoms with Crippen LogP contribution in [-0.4, -0.2) is 79.0 Å². The molecule has 1 aromatic carbocycles. The highest BCUT2D eigenvalue weighted by Gasteiger charge is 2.33. The van der Waals surface area contributed by atoms with Gasteiger partial charge in [0.05, 0.1) is 18.8 Å². The fourth-order valence-electron chi connectivity index (χ4n) is 4.46. The molecule has 3 amide bonds. The Labute approximate surface area is 184 Å². The first-order valence-corrected chi connectivity index (χ1v) is 11.1. The Bertz CT molecular complexity index is 754. The molecule has 2 saturated heterocycles. The van der Waals surface area contributed by atoms with E-state index in [2.05, 4.69) is 4.90 Å². The van der Waals surface area contributed by atoms with Crippen molar-refractivity contribution in [2.75, 3.05) is 44.2 Å². The normalized spacial score (nSPS) is 22.8. The molecule has 2 unspecified atom stereocenters. The summed E-state index contributed by atoms with van der Waals surface area (Å²) < 4.78 is 5.73. The molecule has 0 bridgehead atoms. The smallest absolute Gasteiger partial charge is 0.241 e. The van der Waals surface area contributed by atoms with Crippen LogP contribution < -0.4 is 10.6 Å². The van der Waals surface area contributed by atoms with E-state index in [0.29, 0.717) is 26.2 Å². The Balaban J connectivity index is 1.53. The van der Waals surface area contributed by atoms with Crippen LogP contribution in [0.5, 0.6) is 0 Å². The van der Waals surface area contributed by atoms with Gasteiger partial charge in [-0.1, -0.05) is 18.2 Å². The lowest BCUT2D eigenvalue weighted by molar-refractivity contribution is -0.148. The summed E-state index contributed by atoms with van der Waals surface area (Å²) in [6, 6.07) is 9.33. The fourth-order valence-corrected chi connectivity index (χ4v) is 4.46. The van der Waals surface area contributed by atoms with Crippen LogP contribution in [-0.2, 0) is 19.1 Å². The molecular weight excluding hydrogens is 396 g/mol. The number of carbonyl (C=O) groups is 3. The fraction of sp³-hybridized carbons (Fsp3) is 0.609. The Kier molecular flexibility index (Phi) is 8.03. The molecule has 0 radical (unpaired) electrons. The number of primary amides is 1. The third kappa shape index (κ3) is 6.51. The molecule has 0 saturated carbocycles. The number of hydrogen-bond donors (Lipinski definition) is 1. The van der Waals surface area contributed by atoms with Crippen molar-refractivity contribution in [3.8, 4) is 0 Å². The van der Waals surface area contributed by atoms with Gasteiger partial charge in [0.1, 0.15) is 0 Å². The number of nitrogens with two attached hydrogens (primary N) is 1. The highest BCUT2D eigenvalue weighted by atomic mass is 16.5. The molecule has 8 heteroatoms. The number of morpholine rings is 1. The molecule has 0 spiro atoms. The molecule has 31 heavy (non-hydrogen) atoms. The SMILES string of the molecule is CC1CN(C(=O)C2CCN(CC(=O)N(CCC(N)=O)c3ccccc3)CC2)CC(C)O1. The van der Waals surface area contributed by atoms with Gasteiger partial charge < -0.3 is 20.3 Å². The number of carbonyl (C=O) groups excluding carboxylic acids is 3. The Morgan fingerprint density at radius 3 is 2.26 bits per heavy atom. The van der Waals surface area contributed by atoms with Crippen molar-refractivity contribution in [1.29, 1.82) is 0 Å². The van der Waals surface area contributed by atoms with Crippen molar-refractivity contribution in [2.45, 2.75) is 45.3 Å². The maximum absolute atomic E-state index is 13.0. The largest absolute Gasteiger partial charge is 0.372 e. The number of anilines is 1. The number of hydrogen-bond acceptors (Lipinski definition) is 5. The average molecular weight is 431 g/mol. The zero-order valence-corrected chi connectivity index (χ0v) is 18.5. The van der Waals surface area contributed by atoms with Crippen molar-refractivity contribution >= 4 is 23.4 Å². The number of likely N-dealkylation sites (tertiary alicyclic amines) is 1. The van der Waals surface area contributed by atoms with Gasteiger partial charge in [-0.2, -0.15) is 0 Å². The third-order valence-electron chi connectivity index (χ3n) is 5.98. The minimum Gasteiger partial charge on any atom is -0.372 e. The van der Waals surface area contributed by atoms with E-state index in [0.717, 1.165) is 18.5 Å². The number of para-hydroxylation sites is 1. The van der Waals surface area contributed by atoms with Crippen LogP contribution in [0.15, 0.2) is 30.3 Å². The Morgan fingerprint density at radius 2 is 1.68 bits per heavy atom. The monoisotopic (exact) mass is 430 g/mol. The van der Waals surface area contributed by atoms with Crippen LogP contribution in [0.4, 0.5) is 5.69 Å². The second kappa shape index (κ2) is 10.7. The summed E-state index contributed by atoms with van der Waals surface area (Å²) in [7, 11) is 0. The zero-order valence-electron chi connectivity index (χ0n) is 18.5. The van der Waals surface area contributed by atoms with Gasteiger partial charge in [0, 0.05) is 37.7 Å². The van der Waals surface area contributed by atoms with Gasteiger partial charge in [-0.25, -0.2) is 0 Å². The van der Waals surface area contributed by atoms with E-state index < -0.39 is 5.91 Å². The zero-order chi connectivity index (χ0) is 22.4. The first-order valence-electron chi connectivity index (χ1n) is 11.1. The van der Waals surface area contributed by atoms with Crippen LogP contribution in [0.1, 0.15) is 33.1 Å². The number of ether oxygens (including phenoxy) is 1. The second-order valence-corrected chi connectivity index (χ2v) is 8.65. The number of piperidine rings is 1. The van der Waals surface area contributed by atoms with E-state index in [1.54, 1.807) is 4.90 Å². The van der Waals surface area contributed by atoms with Crippen LogP contribution >= 0.6 is 0 Å². The predicted molar refractivity (Wildman–Crippen MR) is 118 cm³/mol. The summed E-state index contributed by atoms with van der Waals surface area (Å²) in [6.45, 7) is 7.23. The molecule has 2 fully saturated rings. The molecular formula is C23H34N4O4.